The van der Waals surface area contributed by atoms with E-state index < -0.39 is 14.9 Å². The van der Waals surface area contributed by atoms with Crippen molar-refractivity contribution in [1.29, 1.82) is 0 Å². The smallest absolute Gasteiger partial charge is 0.274 e. The molecule has 0 aliphatic carbocycles. The molecule has 1 aromatic heterocycles. The van der Waals surface area contributed by atoms with Crippen molar-refractivity contribution < 1.29 is 13.3 Å². The van der Waals surface area contributed by atoms with Gasteiger partial charge in [-0.15, -0.1) is 0 Å². The van der Waals surface area contributed by atoms with Gasteiger partial charge in [-0.1, -0.05) is 17.7 Å². The summed E-state index contributed by atoms with van der Waals surface area (Å²) in [6.45, 7) is 1.57. The average Bonchev–Trinajstić information content (AvgIpc) is 2.41. The molecule has 0 amide bonds. The van der Waals surface area contributed by atoms with Gasteiger partial charge in [0.05, 0.1) is 10.6 Å². The number of nitro benzene ring substituents is 1. The van der Waals surface area contributed by atoms with E-state index in [-0.39, 0.29) is 21.4 Å². The Morgan fingerprint density at radius 1 is 1.29 bits per heavy atom. The molecule has 1 N–H and O–H groups in total. The fourth-order valence-electron chi connectivity index (χ4n) is 1.60. The van der Waals surface area contributed by atoms with Gasteiger partial charge in [0.15, 0.2) is 0 Å². The van der Waals surface area contributed by atoms with E-state index in [2.05, 4.69) is 9.71 Å². The Hall–Kier alpha value is -2.19. The summed E-state index contributed by atoms with van der Waals surface area (Å²) in [6.07, 6.45) is 1.10. The molecule has 1 aromatic carbocycles. The molecule has 0 aliphatic heterocycles. The van der Waals surface area contributed by atoms with Crippen LogP contribution in [0.3, 0.4) is 0 Å². The van der Waals surface area contributed by atoms with Gasteiger partial charge >= 0.3 is 0 Å². The molecule has 0 atom stereocenters. The van der Waals surface area contributed by atoms with Crippen LogP contribution in [0.4, 0.5) is 11.4 Å². The standard InChI is InChI=1S/C12H10ClN3O4S/c1-8-2-3-9(6-11(8)16(17)18)15-21(19,20)10-4-5-12(13)14-7-10/h2-7,15H,1H3. The molecule has 0 spiro atoms. The van der Waals surface area contributed by atoms with Crippen LogP contribution in [0, 0.1) is 17.0 Å². The maximum Gasteiger partial charge on any atom is 0.274 e. The molecule has 1 heterocycles. The zero-order valence-corrected chi connectivity index (χ0v) is 12.4. The molecule has 0 radical (unpaired) electrons. The first-order valence-electron chi connectivity index (χ1n) is 5.69. The van der Waals surface area contributed by atoms with Crippen LogP contribution in [0.15, 0.2) is 41.4 Å². The van der Waals surface area contributed by atoms with Gasteiger partial charge in [-0.2, -0.15) is 0 Å². The third kappa shape index (κ3) is 3.47. The lowest BCUT2D eigenvalue weighted by Gasteiger charge is -2.08. The Morgan fingerprint density at radius 2 is 2.00 bits per heavy atom. The predicted molar refractivity (Wildman–Crippen MR) is 77.9 cm³/mol. The summed E-state index contributed by atoms with van der Waals surface area (Å²) in [4.78, 5) is 13.9. The Morgan fingerprint density at radius 3 is 2.57 bits per heavy atom. The molecular weight excluding hydrogens is 318 g/mol. The first-order chi connectivity index (χ1) is 9.79. The van der Waals surface area contributed by atoms with Gasteiger partial charge in [0.2, 0.25) is 0 Å². The minimum absolute atomic E-state index is 0.0878. The fourth-order valence-corrected chi connectivity index (χ4v) is 2.71. The van der Waals surface area contributed by atoms with Gasteiger partial charge in [0.25, 0.3) is 15.7 Å². The maximum absolute atomic E-state index is 12.1. The molecule has 0 fully saturated rings. The van der Waals surface area contributed by atoms with E-state index in [1.807, 2.05) is 0 Å². The zero-order valence-electron chi connectivity index (χ0n) is 10.8. The van der Waals surface area contributed by atoms with E-state index in [1.54, 1.807) is 6.92 Å². The number of nitrogens with zero attached hydrogens (tertiary/aromatic N) is 2. The van der Waals surface area contributed by atoms with Crippen LogP contribution in [0.5, 0.6) is 0 Å². The summed E-state index contributed by atoms with van der Waals surface area (Å²) < 4.78 is 26.5. The number of nitrogens with one attached hydrogen (secondary N) is 1. The molecule has 0 unspecified atom stereocenters. The summed E-state index contributed by atoms with van der Waals surface area (Å²) in [5, 5.41) is 11.0. The van der Waals surface area contributed by atoms with Crippen LogP contribution in [-0.2, 0) is 10.0 Å². The van der Waals surface area contributed by atoms with Gasteiger partial charge in [-0.05, 0) is 25.1 Å². The molecule has 0 saturated carbocycles. The summed E-state index contributed by atoms with van der Waals surface area (Å²) in [6, 6.07) is 6.71. The summed E-state index contributed by atoms with van der Waals surface area (Å²) in [7, 11) is -3.88. The van der Waals surface area contributed by atoms with E-state index >= 15 is 0 Å². The summed E-state index contributed by atoms with van der Waals surface area (Å²) in [5.74, 6) is 0. The second-order valence-electron chi connectivity index (χ2n) is 4.18. The predicted octanol–water partition coefficient (Wildman–Crippen LogP) is 2.75. The minimum atomic E-state index is -3.88. The lowest BCUT2D eigenvalue weighted by atomic mass is 10.2. The lowest BCUT2D eigenvalue weighted by molar-refractivity contribution is -0.385. The van der Waals surface area contributed by atoms with Crippen LogP contribution >= 0.6 is 11.6 Å². The van der Waals surface area contributed by atoms with Gasteiger partial charge in [0, 0.05) is 17.8 Å². The topological polar surface area (TPSA) is 102 Å². The van der Waals surface area contributed by atoms with Crippen LogP contribution in [0.2, 0.25) is 5.15 Å². The lowest BCUT2D eigenvalue weighted by Crippen LogP contribution is -2.13. The summed E-state index contributed by atoms with van der Waals surface area (Å²) >= 11 is 5.59. The van der Waals surface area contributed by atoms with Crippen LogP contribution in [0.25, 0.3) is 0 Å². The van der Waals surface area contributed by atoms with Crippen molar-refractivity contribution >= 4 is 33.0 Å². The largest absolute Gasteiger partial charge is 0.279 e. The van der Waals surface area contributed by atoms with Gasteiger partial charge in [-0.25, -0.2) is 13.4 Å². The highest BCUT2D eigenvalue weighted by Crippen LogP contribution is 2.24. The van der Waals surface area contributed by atoms with Crippen molar-refractivity contribution in [3.05, 3.63) is 57.4 Å². The molecular formula is C12H10ClN3O4S. The molecule has 0 saturated heterocycles. The van der Waals surface area contributed by atoms with Crippen molar-refractivity contribution in [1.82, 2.24) is 4.98 Å². The number of benzene rings is 1. The van der Waals surface area contributed by atoms with Crippen LogP contribution in [0.1, 0.15) is 5.56 Å². The van der Waals surface area contributed by atoms with Crippen molar-refractivity contribution in [2.24, 2.45) is 0 Å². The SMILES string of the molecule is Cc1ccc(NS(=O)(=O)c2ccc(Cl)nc2)cc1[N+](=O)[O-]. The molecule has 7 nitrogen and oxygen atoms in total. The highest BCUT2D eigenvalue weighted by molar-refractivity contribution is 7.92. The number of hydrogen-bond acceptors (Lipinski definition) is 5. The number of pyridine rings is 1. The normalized spacial score (nSPS) is 11.1. The Labute approximate surface area is 125 Å². The van der Waals surface area contributed by atoms with Crippen molar-refractivity contribution in [2.45, 2.75) is 11.8 Å². The number of rotatable bonds is 4. The molecule has 0 bridgehead atoms. The van der Waals surface area contributed by atoms with E-state index in [0.717, 1.165) is 12.3 Å². The zero-order chi connectivity index (χ0) is 15.6. The summed E-state index contributed by atoms with van der Waals surface area (Å²) in [5.41, 5.74) is 0.378. The third-order valence-corrected chi connectivity index (χ3v) is 4.26. The number of anilines is 1. The van der Waals surface area contributed by atoms with E-state index in [9.17, 15) is 18.5 Å². The third-order valence-electron chi connectivity index (χ3n) is 2.67. The Balaban J connectivity index is 2.35. The fraction of sp³-hybridized carbons (Fsp3) is 0.0833. The van der Waals surface area contributed by atoms with Crippen molar-refractivity contribution in [3.8, 4) is 0 Å². The molecule has 2 rings (SSSR count). The number of nitro groups is 1. The van der Waals surface area contributed by atoms with Gasteiger partial charge in [-0.3, -0.25) is 14.8 Å². The Kier molecular flexibility index (Phi) is 4.10. The quantitative estimate of drug-likeness (QED) is 0.528. The molecule has 2 aromatic rings. The molecule has 110 valence electrons. The van der Waals surface area contributed by atoms with Gasteiger partial charge < -0.3 is 0 Å². The highest BCUT2D eigenvalue weighted by atomic mass is 35.5. The number of sulfonamides is 1. The van der Waals surface area contributed by atoms with E-state index in [0.29, 0.717) is 5.56 Å². The average molecular weight is 328 g/mol. The van der Waals surface area contributed by atoms with Crippen molar-refractivity contribution in [2.75, 3.05) is 4.72 Å². The van der Waals surface area contributed by atoms with Crippen LogP contribution in [-0.4, -0.2) is 18.3 Å². The number of aromatic nitrogens is 1. The molecule has 9 heteroatoms. The second-order valence-corrected chi connectivity index (χ2v) is 6.25. The Bertz CT molecular complexity index is 791. The van der Waals surface area contributed by atoms with E-state index in [4.69, 9.17) is 11.6 Å². The minimum Gasteiger partial charge on any atom is -0.279 e. The molecule has 21 heavy (non-hydrogen) atoms. The first kappa shape index (κ1) is 15.2. The van der Waals surface area contributed by atoms with Gasteiger partial charge in [0.1, 0.15) is 10.0 Å². The maximum atomic E-state index is 12.1. The number of aryl methyl sites for hydroxylation is 1. The highest BCUT2D eigenvalue weighted by Gasteiger charge is 2.17. The second kappa shape index (κ2) is 5.66. The van der Waals surface area contributed by atoms with Crippen molar-refractivity contribution in [3.63, 3.8) is 0 Å². The first-order valence-corrected chi connectivity index (χ1v) is 7.55. The molecule has 0 aliphatic rings. The monoisotopic (exact) mass is 327 g/mol. The van der Waals surface area contributed by atoms with E-state index in [1.165, 1.54) is 24.3 Å². The van der Waals surface area contributed by atoms with Crippen LogP contribution < -0.4 is 4.72 Å². The number of hydrogen-bond donors (Lipinski definition) is 1. The number of halogens is 1.